The molecular formula is C19H26N4O2. The van der Waals surface area contributed by atoms with Crippen molar-refractivity contribution in [2.45, 2.75) is 32.2 Å². The average molecular weight is 342 g/mol. The zero-order valence-electron chi connectivity index (χ0n) is 14.6. The second-order valence-corrected chi connectivity index (χ2v) is 6.70. The number of aromatic amines is 1. The van der Waals surface area contributed by atoms with Gasteiger partial charge in [0.2, 0.25) is 0 Å². The molecule has 2 heterocycles. The van der Waals surface area contributed by atoms with Crippen LogP contribution in [0.5, 0.6) is 5.75 Å². The third kappa shape index (κ3) is 5.67. The van der Waals surface area contributed by atoms with Crippen molar-refractivity contribution in [3.05, 3.63) is 53.0 Å². The van der Waals surface area contributed by atoms with Crippen LogP contribution in [0.3, 0.4) is 0 Å². The van der Waals surface area contributed by atoms with Crippen molar-refractivity contribution in [2.24, 2.45) is 11.1 Å². The SMILES string of the molecule is O=NCc1ccc(OCCCN2CCC(Cc3cnc[nH]3)CC2)cc1. The van der Waals surface area contributed by atoms with Crippen molar-refractivity contribution in [1.82, 2.24) is 14.9 Å². The van der Waals surface area contributed by atoms with E-state index < -0.39 is 0 Å². The van der Waals surface area contributed by atoms with Gasteiger partial charge in [-0.3, -0.25) is 0 Å². The molecular weight excluding hydrogens is 316 g/mol. The Kier molecular flexibility index (Phi) is 6.56. The summed E-state index contributed by atoms with van der Waals surface area (Å²) in [4.78, 5) is 20.1. The molecule has 1 aromatic carbocycles. The van der Waals surface area contributed by atoms with Crippen molar-refractivity contribution in [3.8, 4) is 5.75 Å². The fourth-order valence-electron chi connectivity index (χ4n) is 3.37. The molecule has 0 amide bonds. The van der Waals surface area contributed by atoms with Crippen LogP contribution in [0.15, 0.2) is 42.0 Å². The van der Waals surface area contributed by atoms with Gasteiger partial charge in [0.1, 0.15) is 12.3 Å². The number of H-pyrrole nitrogens is 1. The number of hydrogen-bond acceptors (Lipinski definition) is 5. The third-order valence-electron chi connectivity index (χ3n) is 4.83. The molecule has 1 aromatic heterocycles. The summed E-state index contributed by atoms with van der Waals surface area (Å²) in [5.74, 6) is 1.63. The zero-order valence-corrected chi connectivity index (χ0v) is 14.6. The lowest BCUT2D eigenvalue weighted by Gasteiger charge is -2.31. The summed E-state index contributed by atoms with van der Waals surface area (Å²) >= 11 is 0. The second-order valence-electron chi connectivity index (χ2n) is 6.70. The number of benzene rings is 1. The quantitative estimate of drug-likeness (QED) is 0.560. The molecule has 0 saturated carbocycles. The monoisotopic (exact) mass is 342 g/mol. The zero-order chi connectivity index (χ0) is 17.3. The number of likely N-dealkylation sites (tertiary alicyclic amines) is 1. The molecule has 25 heavy (non-hydrogen) atoms. The number of rotatable bonds is 9. The van der Waals surface area contributed by atoms with E-state index in [1.54, 1.807) is 6.33 Å². The maximum atomic E-state index is 10.2. The number of aromatic nitrogens is 2. The summed E-state index contributed by atoms with van der Waals surface area (Å²) in [7, 11) is 0. The highest BCUT2D eigenvalue weighted by molar-refractivity contribution is 5.27. The standard InChI is InChI=1S/C19H26N4O2/c24-22-13-17-2-4-19(5-3-17)25-11-1-8-23-9-6-16(7-10-23)12-18-14-20-15-21-18/h2-5,14-16H,1,6-13H2,(H,20,21). The molecule has 0 spiro atoms. The lowest BCUT2D eigenvalue weighted by molar-refractivity contribution is 0.170. The fraction of sp³-hybridized carbons (Fsp3) is 0.526. The molecule has 1 aliphatic rings. The Morgan fingerprint density at radius 2 is 2.04 bits per heavy atom. The first-order valence-electron chi connectivity index (χ1n) is 9.04. The summed E-state index contributed by atoms with van der Waals surface area (Å²) < 4.78 is 5.77. The molecule has 0 bridgehead atoms. The van der Waals surface area contributed by atoms with Crippen LogP contribution in [0.2, 0.25) is 0 Å². The van der Waals surface area contributed by atoms with E-state index >= 15 is 0 Å². The summed E-state index contributed by atoms with van der Waals surface area (Å²) in [6.07, 6.45) is 8.36. The second kappa shape index (κ2) is 9.32. The van der Waals surface area contributed by atoms with Gasteiger partial charge in [-0.2, -0.15) is 4.91 Å². The topological polar surface area (TPSA) is 70.6 Å². The van der Waals surface area contributed by atoms with E-state index in [-0.39, 0.29) is 6.54 Å². The van der Waals surface area contributed by atoms with Gasteiger partial charge < -0.3 is 14.6 Å². The maximum absolute atomic E-state index is 10.2. The highest BCUT2D eigenvalue weighted by Crippen LogP contribution is 2.21. The van der Waals surface area contributed by atoms with Gasteiger partial charge in [-0.05, 0) is 62.4 Å². The number of nitrogens with one attached hydrogen (secondary N) is 1. The highest BCUT2D eigenvalue weighted by Gasteiger charge is 2.19. The fourth-order valence-corrected chi connectivity index (χ4v) is 3.37. The number of imidazole rings is 1. The van der Waals surface area contributed by atoms with E-state index in [9.17, 15) is 4.91 Å². The van der Waals surface area contributed by atoms with Crippen LogP contribution >= 0.6 is 0 Å². The predicted octanol–water partition coefficient (Wildman–Crippen LogP) is 3.40. The normalized spacial score (nSPS) is 16.0. The Morgan fingerprint density at radius 1 is 1.24 bits per heavy atom. The minimum absolute atomic E-state index is 0.219. The Morgan fingerprint density at radius 3 is 2.72 bits per heavy atom. The maximum Gasteiger partial charge on any atom is 0.119 e. The summed E-state index contributed by atoms with van der Waals surface area (Å²) in [5.41, 5.74) is 2.17. The van der Waals surface area contributed by atoms with Gasteiger partial charge >= 0.3 is 0 Å². The predicted molar refractivity (Wildman–Crippen MR) is 97.5 cm³/mol. The van der Waals surface area contributed by atoms with Crippen LogP contribution in [0.25, 0.3) is 0 Å². The van der Waals surface area contributed by atoms with Crippen LogP contribution in [-0.4, -0.2) is 41.1 Å². The number of hydrogen-bond donors (Lipinski definition) is 1. The molecule has 1 aliphatic heterocycles. The molecule has 1 N–H and O–H groups in total. The largest absolute Gasteiger partial charge is 0.494 e. The molecule has 1 fully saturated rings. The highest BCUT2D eigenvalue weighted by atomic mass is 16.5. The van der Waals surface area contributed by atoms with Crippen molar-refractivity contribution < 1.29 is 4.74 Å². The molecule has 134 valence electrons. The molecule has 2 aromatic rings. The lowest BCUT2D eigenvalue weighted by atomic mass is 9.92. The van der Waals surface area contributed by atoms with Gasteiger partial charge in [0, 0.05) is 18.4 Å². The van der Waals surface area contributed by atoms with E-state index in [2.05, 4.69) is 20.0 Å². The summed E-state index contributed by atoms with van der Waals surface area (Å²) in [6.45, 7) is 4.37. The Labute approximate surface area is 148 Å². The van der Waals surface area contributed by atoms with Crippen LogP contribution in [0.4, 0.5) is 0 Å². The first kappa shape index (κ1) is 17.6. The minimum Gasteiger partial charge on any atom is -0.494 e. The van der Waals surface area contributed by atoms with E-state index in [1.165, 1.54) is 31.6 Å². The minimum atomic E-state index is 0.219. The van der Waals surface area contributed by atoms with Crippen molar-refractivity contribution in [2.75, 3.05) is 26.2 Å². The van der Waals surface area contributed by atoms with Crippen LogP contribution in [0.1, 0.15) is 30.5 Å². The van der Waals surface area contributed by atoms with E-state index in [1.807, 2.05) is 30.5 Å². The van der Waals surface area contributed by atoms with E-state index in [0.29, 0.717) is 0 Å². The smallest absolute Gasteiger partial charge is 0.119 e. The van der Waals surface area contributed by atoms with Gasteiger partial charge in [0.15, 0.2) is 0 Å². The van der Waals surface area contributed by atoms with Gasteiger partial charge in [-0.15, -0.1) is 0 Å². The van der Waals surface area contributed by atoms with Crippen LogP contribution in [0, 0.1) is 10.8 Å². The van der Waals surface area contributed by atoms with E-state index in [0.717, 1.165) is 43.2 Å². The Bertz CT molecular complexity index is 619. The van der Waals surface area contributed by atoms with Crippen LogP contribution < -0.4 is 4.74 Å². The van der Waals surface area contributed by atoms with Gasteiger partial charge in [-0.25, -0.2) is 4.98 Å². The van der Waals surface area contributed by atoms with Crippen molar-refractivity contribution in [3.63, 3.8) is 0 Å². The number of nitroso groups, excluding NO2 is 1. The summed E-state index contributed by atoms with van der Waals surface area (Å²) in [6, 6.07) is 7.59. The lowest BCUT2D eigenvalue weighted by Crippen LogP contribution is -2.35. The van der Waals surface area contributed by atoms with Gasteiger partial charge in [0.25, 0.3) is 0 Å². The molecule has 0 aliphatic carbocycles. The number of nitrogens with zero attached hydrogens (tertiary/aromatic N) is 3. The molecule has 1 saturated heterocycles. The summed E-state index contributed by atoms with van der Waals surface area (Å²) in [5, 5.41) is 2.89. The Hall–Kier alpha value is -2.21. The van der Waals surface area contributed by atoms with Crippen molar-refractivity contribution in [1.29, 1.82) is 0 Å². The third-order valence-corrected chi connectivity index (χ3v) is 4.83. The molecule has 0 unspecified atom stereocenters. The van der Waals surface area contributed by atoms with E-state index in [4.69, 9.17) is 4.74 Å². The molecule has 6 nitrogen and oxygen atoms in total. The van der Waals surface area contributed by atoms with Crippen molar-refractivity contribution >= 4 is 0 Å². The first-order chi connectivity index (χ1) is 12.3. The Balaban J connectivity index is 1.29. The van der Waals surface area contributed by atoms with Crippen LogP contribution in [-0.2, 0) is 13.0 Å². The first-order valence-corrected chi connectivity index (χ1v) is 9.04. The van der Waals surface area contributed by atoms with Gasteiger partial charge in [-0.1, -0.05) is 17.3 Å². The molecule has 3 rings (SSSR count). The van der Waals surface area contributed by atoms with Gasteiger partial charge in [0.05, 0.1) is 12.9 Å². The molecule has 6 heteroatoms. The molecule has 0 radical (unpaired) electrons. The number of piperidine rings is 1. The number of ether oxygens (including phenoxy) is 1. The molecule has 0 atom stereocenters. The average Bonchev–Trinajstić information content (AvgIpc) is 3.15.